The van der Waals surface area contributed by atoms with Crippen molar-refractivity contribution in [2.24, 2.45) is 11.8 Å². The summed E-state index contributed by atoms with van der Waals surface area (Å²) >= 11 is 0. The number of halogens is 1. The fraction of sp³-hybridized carbons (Fsp3) is 1.00. The van der Waals surface area contributed by atoms with Gasteiger partial charge in [0.25, 0.3) is 0 Å². The molecule has 0 radical (unpaired) electrons. The highest BCUT2D eigenvalue weighted by Crippen LogP contribution is 2.34. The summed E-state index contributed by atoms with van der Waals surface area (Å²) in [5.41, 5.74) is 0. The molecule has 1 rings (SSSR count). The van der Waals surface area contributed by atoms with Crippen molar-refractivity contribution >= 4 is 0 Å². The van der Waals surface area contributed by atoms with E-state index in [4.69, 9.17) is 0 Å². The van der Waals surface area contributed by atoms with Crippen LogP contribution in [0.15, 0.2) is 0 Å². The first-order valence-electron chi connectivity index (χ1n) is 3.86. The van der Waals surface area contributed by atoms with Crippen LogP contribution in [-0.4, -0.2) is 6.17 Å². The first-order valence-corrected chi connectivity index (χ1v) is 3.86. The van der Waals surface area contributed by atoms with Crippen molar-refractivity contribution < 1.29 is 4.39 Å². The van der Waals surface area contributed by atoms with Crippen LogP contribution in [0.2, 0.25) is 0 Å². The Bertz CT molecular complexity index is 84.6. The molecule has 0 aromatic carbocycles. The summed E-state index contributed by atoms with van der Waals surface area (Å²) < 4.78 is 13.0. The van der Waals surface area contributed by atoms with Gasteiger partial charge in [0.15, 0.2) is 0 Å². The van der Waals surface area contributed by atoms with Gasteiger partial charge in [-0.05, 0) is 24.7 Å². The van der Waals surface area contributed by atoms with Crippen LogP contribution in [0.1, 0.15) is 33.1 Å². The van der Waals surface area contributed by atoms with Gasteiger partial charge in [-0.3, -0.25) is 0 Å². The van der Waals surface area contributed by atoms with Crippen LogP contribution in [0.3, 0.4) is 0 Å². The van der Waals surface area contributed by atoms with E-state index in [2.05, 4.69) is 0 Å². The number of rotatable bonds is 2. The highest BCUT2D eigenvalue weighted by Gasteiger charge is 2.28. The fourth-order valence-corrected chi connectivity index (χ4v) is 1.30. The van der Waals surface area contributed by atoms with Gasteiger partial charge in [0.2, 0.25) is 0 Å². The first kappa shape index (κ1) is 7.04. The third kappa shape index (κ3) is 1.44. The average molecular weight is 130 g/mol. The SMILES string of the molecule is CC(C)[C@H](F)C1CCC1. The van der Waals surface area contributed by atoms with Crippen LogP contribution >= 0.6 is 0 Å². The molecule has 9 heavy (non-hydrogen) atoms. The molecule has 0 aromatic heterocycles. The Balaban J connectivity index is 2.23. The van der Waals surface area contributed by atoms with E-state index in [0.717, 1.165) is 12.8 Å². The Morgan fingerprint density at radius 3 is 2.00 bits per heavy atom. The minimum absolute atomic E-state index is 0.232. The molecular weight excluding hydrogens is 115 g/mol. The molecule has 0 saturated heterocycles. The van der Waals surface area contributed by atoms with E-state index in [9.17, 15) is 4.39 Å². The largest absolute Gasteiger partial charge is 0.247 e. The Morgan fingerprint density at radius 1 is 1.33 bits per heavy atom. The van der Waals surface area contributed by atoms with Crippen LogP contribution in [0.5, 0.6) is 0 Å². The number of hydrogen-bond donors (Lipinski definition) is 0. The van der Waals surface area contributed by atoms with Gasteiger partial charge in [-0.1, -0.05) is 20.3 Å². The molecule has 1 atom stereocenters. The van der Waals surface area contributed by atoms with E-state index in [1.807, 2.05) is 13.8 Å². The van der Waals surface area contributed by atoms with Gasteiger partial charge in [-0.25, -0.2) is 4.39 Å². The molecule has 0 N–H and O–H groups in total. The number of hydrogen-bond acceptors (Lipinski definition) is 0. The summed E-state index contributed by atoms with van der Waals surface area (Å²) in [6.45, 7) is 3.92. The van der Waals surface area contributed by atoms with Gasteiger partial charge >= 0.3 is 0 Å². The molecule has 0 aromatic rings. The molecule has 0 aliphatic heterocycles. The molecule has 1 heteroatoms. The zero-order valence-corrected chi connectivity index (χ0v) is 6.23. The van der Waals surface area contributed by atoms with Crippen molar-refractivity contribution in [3.8, 4) is 0 Å². The van der Waals surface area contributed by atoms with E-state index >= 15 is 0 Å². The summed E-state index contributed by atoms with van der Waals surface area (Å²) in [5, 5.41) is 0. The maximum Gasteiger partial charge on any atom is 0.105 e. The van der Waals surface area contributed by atoms with Crippen molar-refractivity contribution in [3.05, 3.63) is 0 Å². The van der Waals surface area contributed by atoms with Gasteiger partial charge in [-0.2, -0.15) is 0 Å². The molecule has 0 spiro atoms. The minimum atomic E-state index is -0.529. The van der Waals surface area contributed by atoms with Crippen molar-refractivity contribution in [1.29, 1.82) is 0 Å². The van der Waals surface area contributed by atoms with E-state index in [0.29, 0.717) is 5.92 Å². The van der Waals surface area contributed by atoms with Crippen LogP contribution in [0.25, 0.3) is 0 Å². The maximum absolute atomic E-state index is 13.0. The molecule has 0 bridgehead atoms. The summed E-state index contributed by atoms with van der Waals surface area (Å²) in [5.74, 6) is 0.639. The lowest BCUT2D eigenvalue weighted by atomic mass is 9.78. The highest BCUT2D eigenvalue weighted by molar-refractivity contribution is 4.78. The molecule has 1 fully saturated rings. The van der Waals surface area contributed by atoms with Gasteiger partial charge in [0, 0.05) is 0 Å². The predicted molar refractivity (Wildman–Crippen MR) is 37.1 cm³/mol. The Hall–Kier alpha value is -0.0700. The summed E-state index contributed by atoms with van der Waals surface area (Å²) in [7, 11) is 0. The van der Waals surface area contributed by atoms with Crippen LogP contribution < -0.4 is 0 Å². The third-order valence-corrected chi connectivity index (χ3v) is 2.24. The van der Waals surface area contributed by atoms with E-state index in [1.165, 1.54) is 6.42 Å². The second kappa shape index (κ2) is 2.68. The quantitative estimate of drug-likeness (QED) is 0.539. The summed E-state index contributed by atoms with van der Waals surface area (Å²) in [6.07, 6.45) is 2.97. The Labute approximate surface area is 56.5 Å². The lowest BCUT2D eigenvalue weighted by Gasteiger charge is -2.30. The topological polar surface area (TPSA) is 0 Å². The predicted octanol–water partition coefficient (Wildman–Crippen LogP) is 2.78. The minimum Gasteiger partial charge on any atom is -0.247 e. The first-order chi connectivity index (χ1) is 4.22. The lowest BCUT2D eigenvalue weighted by Crippen LogP contribution is -2.27. The lowest BCUT2D eigenvalue weighted by molar-refractivity contribution is 0.108. The molecule has 1 saturated carbocycles. The summed E-state index contributed by atoms with van der Waals surface area (Å²) in [4.78, 5) is 0. The second-order valence-electron chi connectivity index (χ2n) is 3.38. The van der Waals surface area contributed by atoms with Gasteiger partial charge in [0.05, 0.1) is 0 Å². The second-order valence-corrected chi connectivity index (χ2v) is 3.38. The van der Waals surface area contributed by atoms with E-state index < -0.39 is 6.17 Å². The van der Waals surface area contributed by atoms with Gasteiger partial charge in [0.1, 0.15) is 6.17 Å². The molecule has 0 unspecified atom stereocenters. The molecule has 0 amide bonds. The monoisotopic (exact) mass is 130 g/mol. The number of alkyl halides is 1. The maximum atomic E-state index is 13.0. The Kier molecular flexibility index (Phi) is 2.09. The summed E-state index contributed by atoms with van der Waals surface area (Å²) in [6, 6.07) is 0. The zero-order valence-electron chi connectivity index (χ0n) is 6.23. The smallest absolute Gasteiger partial charge is 0.105 e. The fourth-order valence-electron chi connectivity index (χ4n) is 1.30. The standard InChI is InChI=1S/C8H15F/c1-6(2)8(9)7-4-3-5-7/h6-8H,3-5H2,1-2H3/t8-/m0/s1. The van der Waals surface area contributed by atoms with Crippen molar-refractivity contribution in [3.63, 3.8) is 0 Å². The normalized spacial score (nSPS) is 24.0. The van der Waals surface area contributed by atoms with Crippen molar-refractivity contribution in [2.75, 3.05) is 0 Å². The van der Waals surface area contributed by atoms with E-state index in [-0.39, 0.29) is 5.92 Å². The molecule has 0 nitrogen and oxygen atoms in total. The van der Waals surface area contributed by atoms with Crippen LogP contribution in [-0.2, 0) is 0 Å². The van der Waals surface area contributed by atoms with Gasteiger partial charge in [-0.15, -0.1) is 0 Å². The molecule has 0 heterocycles. The van der Waals surface area contributed by atoms with Crippen molar-refractivity contribution in [1.82, 2.24) is 0 Å². The highest BCUT2D eigenvalue weighted by atomic mass is 19.1. The van der Waals surface area contributed by atoms with Crippen molar-refractivity contribution in [2.45, 2.75) is 39.3 Å². The molecule has 1 aliphatic carbocycles. The molecule has 54 valence electrons. The Morgan fingerprint density at radius 2 is 1.89 bits per heavy atom. The molecule has 1 aliphatic rings. The molecular formula is C8H15F. The van der Waals surface area contributed by atoms with Crippen LogP contribution in [0, 0.1) is 11.8 Å². The zero-order chi connectivity index (χ0) is 6.85. The average Bonchev–Trinajstić information content (AvgIpc) is 1.60. The van der Waals surface area contributed by atoms with Crippen LogP contribution in [0.4, 0.5) is 4.39 Å². The third-order valence-electron chi connectivity index (χ3n) is 2.24. The van der Waals surface area contributed by atoms with Gasteiger partial charge < -0.3 is 0 Å². The van der Waals surface area contributed by atoms with E-state index in [1.54, 1.807) is 0 Å².